The number of hydrogen-bond donors (Lipinski definition) is 1. The molecule has 25 heavy (non-hydrogen) atoms. The van der Waals surface area contributed by atoms with E-state index in [0.29, 0.717) is 27.2 Å². The molecule has 0 saturated carbocycles. The quantitative estimate of drug-likeness (QED) is 0.656. The summed E-state index contributed by atoms with van der Waals surface area (Å²) in [6, 6.07) is 11.2. The highest BCUT2D eigenvalue weighted by Gasteiger charge is 2.18. The Hall–Kier alpha value is -2.31. The number of aromatic nitrogens is 2. The van der Waals surface area contributed by atoms with Crippen LogP contribution >= 0.6 is 23.4 Å². The van der Waals surface area contributed by atoms with Crippen molar-refractivity contribution >= 4 is 35.0 Å². The van der Waals surface area contributed by atoms with Crippen molar-refractivity contribution in [3.8, 4) is 5.69 Å². The van der Waals surface area contributed by atoms with E-state index in [2.05, 4.69) is 10.3 Å². The van der Waals surface area contributed by atoms with Gasteiger partial charge in [-0.05, 0) is 55.1 Å². The number of carbonyl (C=O) groups excluding carboxylic acids is 1. The van der Waals surface area contributed by atoms with E-state index in [4.69, 9.17) is 11.6 Å². The molecule has 1 amide bonds. The number of imidazole rings is 1. The van der Waals surface area contributed by atoms with Gasteiger partial charge in [-0.15, -0.1) is 0 Å². The van der Waals surface area contributed by atoms with E-state index in [9.17, 15) is 9.18 Å². The molecule has 1 N–H and O–H groups in total. The van der Waals surface area contributed by atoms with Crippen molar-refractivity contribution < 1.29 is 9.18 Å². The second-order valence-electron chi connectivity index (χ2n) is 5.31. The van der Waals surface area contributed by atoms with Gasteiger partial charge in [-0.2, -0.15) is 0 Å². The third-order valence-electron chi connectivity index (χ3n) is 3.75. The van der Waals surface area contributed by atoms with Crippen LogP contribution in [0.15, 0.2) is 53.8 Å². The lowest BCUT2D eigenvalue weighted by molar-refractivity contribution is 0.102. The van der Waals surface area contributed by atoms with Gasteiger partial charge in [0.2, 0.25) is 0 Å². The average Bonchev–Trinajstić information content (AvgIpc) is 3.04. The van der Waals surface area contributed by atoms with Crippen LogP contribution in [-0.4, -0.2) is 21.7 Å². The zero-order valence-corrected chi connectivity index (χ0v) is 15.2. The summed E-state index contributed by atoms with van der Waals surface area (Å²) in [6.45, 7) is 1.84. The summed E-state index contributed by atoms with van der Waals surface area (Å²) in [5.74, 6) is -0.655. The Morgan fingerprint density at radius 2 is 1.96 bits per heavy atom. The minimum Gasteiger partial charge on any atom is -0.320 e. The van der Waals surface area contributed by atoms with Gasteiger partial charge in [-0.1, -0.05) is 29.4 Å². The summed E-state index contributed by atoms with van der Waals surface area (Å²) < 4.78 is 14.9. The molecule has 0 atom stereocenters. The van der Waals surface area contributed by atoms with E-state index >= 15 is 0 Å². The summed E-state index contributed by atoms with van der Waals surface area (Å²) in [5.41, 5.74) is 2.44. The second kappa shape index (κ2) is 7.29. The minimum absolute atomic E-state index is 0.317. The molecule has 0 aliphatic heterocycles. The maximum Gasteiger partial charge on any atom is 0.274 e. The Bertz CT molecular complexity index is 925. The van der Waals surface area contributed by atoms with Crippen molar-refractivity contribution in [1.82, 2.24) is 9.55 Å². The first-order valence-electron chi connectivity index (χ1n) is 7.45. The van der Waals surface area contributed by atoms with E-state index in [1.807, 2.05) is 13.2 Å². The molecule has 0 unspecified atom stereocenters. The third-order valence-corrected chi connectivity index (χ3v) is 4.81. The van der Waals surface area contributed by atoms with Crippen LogP contribution in [0.5, 0.6) is 0 Å². The fourth-order valence-electron chi connectivity index (χ4n) is 2.41. The summed E-state index contributed by atoms with van der Waals surface area (Å²) in [4.78, 5) is 17.1. The number of halogens is 2. The molecule has 0 radical (unpaired) electrons. The molecule has 0 aliphatic rings. The zero-order valence-electron chi connectivity index (χ0n) is 13.6. The summed E-state index contributed by atoms with van der Waals surface area (Å²) in [5, 5.41) is 4.08. The molecule has 0 saturated heterocycles. The van der Waals surface area contributed by atoms with Gasteiger partial charge in [0, 0.05) is 16.4 Å². The van der Waals surface area contributed by atoms with Crippen LogP contribution in [0.2, 0.25) is 5.02 Å². The topological polar surface area (TPSA) is 46.9 Å². The van der Waals surface area contributed by atoms with Crippen LogP contribution in [0.25, 0.3) is 5.69 Å². The van der Waals surface area contributed by atoms with Crippen molar-refractivity contribution in [2.75, 3.05) is 11.6 Å². The highest BCUT2D eigenvalue weighted by atomic mass is 35.5. The predicted molar refractivity (Wildman–Crippen MR) is 99.4 cm³/mol. The number of carbonyl (C=O) groups is 1. The molecule has 3 aromatic rings. The number of nitrogens with zero attached hydrogens (tertiary/aromatic N) is 2. The molecule has 0 spiro atoms. The average molecular weight is 376 g/mol. The first kappa shape index (κ1) is 17.5. The van der Waals surface area contributed by atoms with Gasteiger partial charge in [-0.25, -0.2) is 9.37 Å². The highest BCUT2D eigenvalue weighted by Crippen LogP contribution is 2.25. The molecule has 0 bridgehead atoms. The van der Waals surface area contributed by atoms with E-state index in [1.54, 1.807) is 34.9 Å². The van der Waals surface area contributed by atoms with Crippen LogP contribution in [0.3, 0.4) is 0 Å². The smallest absolute Gasteiger partial charge is 0.274 e. The standard InChI is InChI=1S/C18H15ClFN3OS/c1-11-14(19)4-3-5-15(11)22-17(24)16-10-21-18(25-2)23(16)13-8-6-12(20)7-9-13/h3-10H,1-2H3,(H,22,24). The molecule has 128 valence electrons. The normalized spacial score (nSPS) is 10.7. The van der Waals surface area contributed by atoms with Gasteiger partial charge in [0.1, 0.15) is 11.5 Å². The largest absolute Gasteiger partial charge is 0.320 e. The SMILES string of the molecule is CSc1ncc(C(=O)Nc2cccc(Cl)c2C)n1-c1ccc(F)cc1. The lowest BCUT2D eigenvalue weighted by Crippen LogP contribution is -2.17. The van der Waals surface area contributed by atoms with Crippen LogP contribution in [0.1, 0.15) is 16.1 Å². The third kappa shape index (κ3) is 3.55. The Kier molecular flexibility index (Phi) is 5.11. The summed E-state index contributed by atoms with van der Waals surface area (Å²) in [7, 11) is 0. The van der Waals surface area contributed by atoms with Gasteiger partial charge < -0.3 is 5.32 Å². The lowest BCUT2D eigenvalue weighted by atomic mass is 10.2. The van der Waals surface area contributed by atoms with Crippen molar-refractivity contribution in [2.45, 2.75) is 12.1 Å². The van der Waals surface area contributed by atoms with Crippen LogP contribution < -0.4 is 5.32 Å². The molecule has 3 rings (SSSR count). The number of hydrogen-bond acceptors (Lipinski definition) is 3. The minimum atomic E-state index is -0.338. The molecule has 2 aromatic carbocycles. The highest BCUT2D eigenvalue weighted by molar-refractivity contribution is 7.98. The van der Waals surface area contributed by atoms with Crippen molar-refractivity contribution in [2.24, 2.45) is 0 Å². The maximum atomic E-state index is 13.2. The van der Waals surface area contributed by atoms with Gasteiger partial charge in [0.25, 0.3) is 5.91 Å². The van der Waals surface area contributed by atoms with Crippen molar-refractivity contribution in [3.63, 3.8) is 0 Å². The Morgan fingerprint density at radius 1 is 1.24 bits per heavy atom. The molecule has 0 fully saturated rings. The molecule has 4 nitrogen and oxygen atoms in total. The van der Waals surface area contributed by atoms with Gasteiger partial charge >= 0.3 is 0 Å². The van der Waals surface area contributed by atoms with E-state index in [0.717, 1.165) is 5.56 Å². The van der Waals surface area contributed by atoms with Crippen molar-refractivity contribution in [1.29, 1.82) is 0 Å². The molecular formula is C18H15ClFN3OS. The molecule has 0 aliphatic carbocycles. The van der Waals surface area contributed by atoms with Crippen LogP contribution in [-0.2, 0) is 0 Å². The monoisotopic (exact) mass is 375 g/mol. The van der Waals surface area contributed by atoms with Crippen molar-refractivity contribution in [3.05, 3.63) is 70.8 Å². The van der Waals surface area contributed by atoms with Crippen LogP contribution in [0, 0.1) is 12.7 Å². The first-order valence-corrected chi connectivity index (χ1v) is 9.05. The number of nitrogens with one attached hydrogen (secondary N) is 1. The summed E-state index contributed by atoms with van der Waals surface area (Å²) in [6.07, 6.45) is 3.37. The Balaban J connectivity index is 1.99. The predicted octanol–water partition coefficient (Wildman–Crippen LogP) is 4.95. The number of anilines is 1. The lowest BCUT2D eigenvalue weighted by Gasteiger charge is -2.13. The fourth-order valence-corrected chi connectivity index (χ4v) is 3.13. The number of rotatable bonds is 4. The first-order chi connectivity index (χ1) is 12.0. The summed E-state index contributed by atoms with van der Waals surface area (Å²) >= 11 is 7.51. The number of amides is 1. The Labute approximate surface area is 154 Å². The van der Waals surface area contributed by atoms with E-state index < -0.39 is 0 Å². The van der Waals surface area contributed by atoms with Gasteiger partial charge in [0.15, 0.2) is 5.16 Å². The second-order valence-corrected chi connectivity index (χ2v) is 6.49. The molecule has 7 heteroatoms. The fraction of sp³-hybridized carbons (Fsp3) is 0.111. The molecule has 1 heterocycles. The molecule has 1 aromatic heterocycles. The maximum absolute atomic E-state index is 13.2. The Morgan fingerprint density at radius 3 is 2.64 bits per heavy atom. The van der Waals surface area contributed by atoms with E-state index in [1.165, 1.54) is 30.1 Å². The molecular weight excluding hydrogens is 361 g/mol. The zero-order chi connectivity index (χ0) is 18.0. The van der Waals surface area contributed by atoms with Crippen LogP contribution in [0.4, 0.5) is 10.1 Å². The number of benzene rings is 2. The van der Waals surface area contributed by atoms with Gasteiger partial charge in [-0.3, -0.25) is 9.36 Å². The van der Waals surface area contributed by atoms with Gasteiger partial charge in [0.05, 0.1) is 6.20 Å². The number of thioether (sulfide) groups is 1. The van der Waals surface area contributed by atoms with E-state index in [-0.39, 0.29) is 11.7 Å².